The Hall–Kier alpha value is -2.04. The van der Waals surface area contributed by atoms with Gasteiger partial charge in [0.2, 0.25) is 5.91 Å². The Bertz CT molecular complexity index is 812. The molecule has 1 fully saturated rings. The average Bonchev–Trinajstić information content (AvgIpc) is 3.11. The van der Waals surface area contributed by atoms with Gasteiger partial charge < -0.3 is 15.4 Å². The first-order valence-corrected chi connectivity index (χ1v) is 9.91. The summed E-state index contributed by atoms with van der Waals surface area (Å²) in [6, 6.07) is 16.8. The molecule has 1 aliphatic carbocycles. The van der Waals surface area contributed by atoms with E-state index in [1.165, 1.54) is 16.7 Å². The molecule has 2 aromatic carbocycles. The van der Waals surface area contributed by atoms with Gasteiger partial charge in [-0.1, -0.05) is 42.8 Å². The molecule has 0 radical (unpaired) electrons. The van der Waals surface area contributed by atoms with Crippen LogP contribution in [0, 0.1) is 5.92 Å². The zero-order valence-corrected chi connectivity index (χ0v) is 17.2. The minimum Gasteiger partial charge on any atom is -0.497 e. The number of fused-ring (bicyclic) bond motifs is 1. The molecular weight excluding hydrogens is 372 g/mol. The summed E-state index contributed by atoms with van der Waals surface area (Å²) >= 11 is 0. The number of nitrogens with two attached hydrogens (primary N) is 1. The van der Waals surface area contributed by atoms with Gasteiger partial charge in [-0.05, 0) is 54.0 Å². The highest BCUT2D eigenvalue weighted by atomic mass is 35.5. The fourth-order valence-electron chi connectivity index (χ4n) is 4.58. The number of halogens is 1. The van der Waals surface area contributed by atoms with E-state index in [1.807, 2.05) is 12.1 Å². The van der Waals surface area contributed by atoms with Crippen LogP contribution >= 0.6 is 12.4 Å². The SMILES string of the molecule is COc1ccc2c(c1)CN(C(=O)C[C@@H]1CCC[C@H]1N)C(c1ccccc1)C2.Cl. The fraction of sp³-hybridized carbons (Fsp3) is 0.435. The lowest BCUT2D eigenvalue weighted by Gasteiger charge is -2.38. The van der Waals surface area contributed by atoms with Crippen LogP contribution in [0.4, 0.5) is 0 Å². The van der Waals surface area contributed by atoms with Crippen molar-refractivity contribution in [3.63, 3.8) is 0 Å². The number of amides is 1. The standard InChI is InChI=1S/C23H28N2O2.ClH/c1-27-20-11-10-17-13-22(16-6-3-2-4-7-16)25(15-19(17)12-20)23(26)14-18-8-5-9-21(18)24;/h2-4,6-7,10-12,18,21-22H,5,8-9,13-15,24H2,1H3;1H/t18-,21+,22?;/m0./s1. The van der Waals surface area contributed by atoms with Crippen molar-refractivity contribution in [2.45, 2.75) is 50.7 Å². The Morgan fingerprint density at radius 3 is 2.61 bits per heavy atom. The highest BCUT2D eigenvalue weighted by Crippen LogP contribution is 2.36. The Kier molecular flexibility index (Phi) is 6.63. The number of methoxy groups -OCH3 is 1. The first kappa shape index (κ1) is 20.7. The van der Waals surface area contributed by atoms with Crippen molar-refractivity contribution in [2.24, 2.45) is 11.7 Å². The number of rotatable bonds is 4. The molecule has 2 N–H and O–H groups in total. The molecule has 4 rings (SSSR count). The summed E-state index contributed by atoms with van der Waals surface area (Å²) in [4.78, 5) is 15.3. The zero-order chi connectivity index (χ0) is 18.8. The molecule has 150 valence electrons. The van der Waals surface area contributed by atoms with Crippen molar-refractivity contribution < 1.29 is 9.53 Å². The maximum Gasteiger partial charge on any atom is 0.223 e. The van der Waals surface area contributed by atoms with Crippen LogP contribution in [0.5, 0.6) is 5.75 Å². The molecule has 1 aliphatic heterocycles. The summed E-state index contributed by atoms with van der Waals surface area (Å²) in [7, 11) is 1.68. The summed E-state index contributed by atoms with van der Waals surface area (Å²) in [5, 5.41) is 0. The number of benzene rings is 2. The van der Waals surface area contributed by atoms with Gasteiger partial charge in [0.1, 0.15) is 5.75 Å². The van der Waals surface area contributed by atoms with E-state index in [0.29, 0.717) is 18.9 Å². The molecule has 28 heavy (non-hydrogen) atoms. The number of nitrogens with zero attached hydrogens (tertiary/aromatic N) is 1. The summed E-state index contributed by atoms with van der Waals surface area (Å²) < 4.78 is 5.39. The molecular formula is C23H29ClN2O2. The smallest absolute Gasteiger partial charge is 0.223 e. The van der Waals surface area contributed by atoms with Crippen LogP contribution in [0.25, 0.3) is 0 Å². The van der Waals surface area contributed by atoms with Crippen molar-refractivity contribution in [3.05, 3.63) is 65.2 Å². The predicted molar refractivity (Wildman–Crippen MR) is 114 cm³/mol. The summed E-state index contributed by atoms with van der Waals surface area (Å²) in [5.74, 6) is 1.39. The monoisotopic (exact) mass is 400 g/mol. The second kappa shape index (κ2) is 8.97. The van der Waals surface area contributed by atoms with Gasteiger partial charge in [0.25, 0.3) is 0 Å². The molecule has 1 heterocycles. The average molecular weight is 401 g/mol. The lowest BCUT2D eigenvalue weighted by Crippen LogP contribution is -2.40. The predicted octanol–water partition coefficient (Wildman–Crippen LogP) is 4.26. The minimum absolute atomic E-state index is 0. The lowest BCUT2D eigenvalue weighted by molar-refractivity contribution is -0.136. The Morgan fingerprint density at radius 1 is 1.14 bits per heavy atom. The molecule has 0 bridgehead atoms. The fourth-order valence-corrected chi connectivity index (χ4v) is 4.58. The molecule has 2 aliphatic rings. The van der Waals surface area contributed by atoms with Crippen molar-refractivity contribution in [1.29, 1.82) is 0 Å². The molecule has 1 unspecified atom stereocenters. The van der Waals surface area contributed by atoms with Crippen LogP contribution in [0.1, 0.15) is 48.4 Å². The molecule has 0 spiro atoms. The third-order valence-corrected chi connectivity index (χ3v) is 6.20. The first-order valence-electron chi connectivity index (χ1n) is 9.91. The van der Waals surface area contributed by atoms with Crippen molar-refractivity contribution in [2.75, 3.05) is 7.11 Å². The van der Waals surface area contributed by atoms with Gasteiger partial charge >= 0.3 is 0 Å². The molecule has 3 atom stereocenters. The van der Waals surface area contributed by atoms with E-state index < -0.39 is 0 Å². The molecule has 2 aromatic rings. The maximum atomic E-state index is 13.3. The van der Waals surface area contributed by atoms with Crippen LogP contribution in [-0.4, -0.2) is 24.0 Å². The van der Waals surface area contributed by atoms with Gasteiger partial charge in [-0.25, -0.2) is 0 Å². The highest BCUT2D eigenvalue weighted by Gasteiger charge is 2.34. The van der Waals surface area contributed by atoms with Crippen LogP contribution in [0.2, 0.25) is 0 Å². The quantitative estimate of drug-likeness (QED) is 0.834. The number of hydrogen-bond acceptors (Lipinski definition) is 3. The number of carbonyl (C=O) groups is 1. The lowest BCUT2D eigenvalue weighted by atomic mass is 9.88. The minimum atomic E-state index is 0. The molecule has 1 saturated carbocycles. The summed E-state index contributed by atoms with van der Waals surface area (Å²) in [6.45, 7) is 0.632. The molecule has 4 nitrogen and oxygen atoms in total. The van der Waals surface area contributed by atoms with Crippen molar-refractivity contribution >= 4 is 18.3 Å². The van der Waals surface area contributed by atoms with E-state index in [-0.39, 0.29) is 30.4 Å². The van der Waals surface area contributed by atoms with Crippen LogP contribution < -0.4 is 10.5 Å². The zero-order valence-electron chi connectivity index (χ0n) is 16.3. The van der Waals surface area contributed by atoms with Gasteiger partial charge in [-0.15, -0.1) is 12.4 Å². The topological polar surface area (TPSA) is 55.6 Å². The maximum absolute atomic E-state index is 13.3. The third kappa shape index (κ3) is 4.18. The van der Waals surface area contributed by atoms with Gasteiger partial charge in [0.05, 0.1) is 13.2 Å². The highest BCUT2D eigenvalue weighted by molar-refractivity contribution is 5.85. The Balaban J connectivity index is 0.00000225. The Morgan fingerprint density at radius 2 is 1.93 bits per heavy atom. The normalized spacial score (nSPS) is 23.6. The second-order valence-electron chi connectivity index (χ2n) is 7.85. The molecule has 1 amide bonds. The van der Waals surface area contributed by atoms with Gasteiger partial charge in [-0.3, -0.25) is 4.79 Å². The van der Waals surface area contributed by atoms with Gasteiger partial charge in [-0.2, -0.15) is 0 Å². The number of ether oxygens (including phenoxy) is 1. The van der Waals surface area contributed by atoms with Gasteiger partial charge in [0, 0.05) is 19.0 Å². The van der Waals surface area contributed by atoms with E-state index in [4.69, 9.17) is 10.5 Å². The number of carbonyl (C=O) groups excluding carboxylic acids is 1. The van der Waals surface area contributed by atoms with Crippen LogP contribution in [0.15, 0.2) is 48.5 Å². The van der Waals surface area contributed by atoms with E-state index in [9.17, 15) is 4.79 Å². The van der Waals surface area contributed by atoms with Crippen molar-refractivity contribution in [1.82, 2.24) is 4.90 Å². The second-order valence-corrected chi connectivity index (χ2v) is 7.85. The van der Waals surface area contributed by atoms with Crippen LogP contribution in [0.3, 0.4) is 0 Å². The summed E-state index contributed by atoms with van der Waals surface area (Å²) in [6.07, 6.45) is 4.65. The van der Waals surface area contributed by atoms with Crippen molar-refractivity contribution in [3.8, 4) is 5.75 Å². The van der Waals surface area contributed by atoms with Gasteiger partial charge in [0.15, 0.2) is 0 Å². The first-order chi connectivity index (χ1) is 13.2. The van der Waals surface area contributed by atoms with E-state index in [2.05, 4.69) is 41.3 Å². The Labute approximate surface area is 173 Å². The third-order valence-electron chi connectivity index (χ3n) is 6.20. The largest absolute Gasteiger partial charge is 0.497 e. The summed E-state index contributed by atoms with van der Waals surface area (Å²) in [5.41, 5.74) is 9.91. The molecule has 5 heteroatoms. The molecule has 0 saturated heterocycles. The molecule has 0 aromatic heterocycles. The van der Waals surface area contributed by atoms with E-state index in [0.717, 1.165) is 31.4 Å². The number of hydrogen-bond donors (Lipinski definition) is 1. The van der Waals surface area contributed by atoms with Crippen LogP contribution in [-0.2, 0) is 17.8 Å². The van der Waals surface area contributed by atoms with E-state index >= 15 is 0 Å². The van der Waals surface area contributed by atoms with E-state index in [1.54, 1.807) is 7.11 Å².